The van der Waals surface area contributed by atoms with Crippen LogP contribution in [0.3, 0.4) is 0 Å². The topological polar surface area (TPSA) is 35.5 Å². The largest absolute Gasteiger partial charge is 0.427 e. The number of hydrogen-bond donors (Lipinski definition) is 0. The Hall–Kier alpha value is -4.24. The van der Waals surface area contributed by atoms with Gasteiger partial charge in [0.05, 0.1) is 0 Å². The lowest BCUT2D eigenvalue weighted by Crippen LogP contribution is -2.35. The zero-order chi connectivity index (χ0) is 29.6. The molecule has 0 unspecified atom stereocenters. The fourth-order valence-corrected chi connectivity index (χ4v) is 7.64. The van der Waals surface area contributed by atoms with Gasteiger partial charge in [-0.3, -0.25) is 9.05 Å². The number of benzene rings is 6. The van der Waals surface area contributed by atoms with Gasteiger partial charge >= 0.3 is 6.95 Å². The van der Waals surface area contributed by atoms with Crippen molar-refractivity contribution in [1.29, 1.82) is 0 Å². The van der Waals surface area contributed by atoms with Crippen LogP contribution < -0.4 is 0 Å². The summed E-state index contributed by atoms with van der Waals surface area (Å²) < 4.78 is 28.6. The van der Waals surface area contributed by atoms with Gasteiger partial charge in [-0.25, -0.2) is 4.57 Å². The van der Waals surface area contributed by atoms with Gasteiger partial charge in [-0.15, -0.1) is 0 Å². The van der Waals surface area contributed by atoms with Gasteiger partial charge in [0.15, 0.2) is 11.2 Å². The molecule has 0 fully saturated rings. The van der Waals surface area contributed by atoms with Crippen molar-refractivity contribution in [2.75, 3.05) is 0 Å². The van der Waals surface area contributed by atoms with Gasteiger partial charge in [0, 0.05) is 11.2 Å². The lowest BCUT2D eigenvalue weighted by Gasteiger charge is -2.40. The van der Waals surface area contributed by atoms with Crippen molar-refractivity contribution in [3.63, 3.8) is 0 Å². The molecule has 0 aliphatic heterocycles. The summed E-state index contributed by atoms with van der Waals surface area (Å²) >= 11 is 7.12. The molecule has 0 spiro atoms. The van der Waals surface area contributed by atoms with E-state index in [1.165, 1.54) is 0 Å². The first-order valence-corrected chi connectivity index (χ1v) is 16.5. The van der Waals surface area contributed by atoms with E-state index in [1.807, 2.05) is 182 Å². The van der Waals surface area contributed by atoms with E-state index < -0.39 is 18.2 Å². The predicted molar refractivity (Wildman–Crippen MR) is 174 cm³/mol. The van der Waals surface area contributed by atoms with Gasteiger partial charge < -0.3 is 0 Å². The van der Waals surface area contributed by atoms with E-state index in [0.717, 1.165) is 33.4 Å². The molecule has 6 rings (SSSR count). The van der Waals surface area contributed by atoms with Crippen LogP contribution in [0.25, 0.3) is 0 Å². The molecule has 212 valence electrons. The molecule has 0 atom stereocenters. The van der Waals surface area contributed by atoms with E-state index in [9.17, 15) is 0 Å². The molecule has 0 heterocycles. The van der Waals surface area contributed by atoms with Crippen LogP contribution >= 0.6 is 18.2 Å². The van der Waals surface area contributed by atoms with Crippen molar-refractivity contribution in [2.24, 2.45) is 0 Å². The maximum Gasteiger partial charge on any atom is 0.427 e. The predicted octanol–water partition coefficient (Wildman–Crippen LogP) is 10.4. The van der Waals surface area contributed by atoms with Gasteiger partial charge in [-0.2, -0.15) is 0 Å². The van der Waals surface area contributed by atoms with E-state index in [1.54, 1.807) is 0 Å². The third-order valence-corrected chi connectivity index (χ3v) is 8.97. The first kappa shape index (κ1) is 28.9. The molecule has 0 aliphatic carbocycles. The van der Waals surface area contributed by atoms with E-state index in [4.69, 9.17) is 20.3 Å². The fraction of sp³-hybridized carbons (Fsp3) is 0.0526. The summed E-state index contributed by atoms with van der Waals surface area (Å²) in [7, 11) is 0. The lowest BCUT2D eigenvalue weighted by molar-refractivity contribution is 0.0774. The minimum Gasteiger partial charge on any atom is -0.275 e. The van der Waals surface area contributed by atoms with Gasteiger partial charge in [0.1, 0.15) is 0 Å². The van der Waals surface area contributed by atoms with Crippen molar-refractivity contribution in [3.05, 3.63) is 215 Å². The number of rotatable bonds is 10. The Morgan fingerprint density at radius 3 is 0.674 bits per heavy atom. The molecule has 0 saturated heterocycles. The molecule has 6 aromatic rings. The zero-order valence-electron chi connectivity index (χ0n) is 23.4. The number of halogens is 1. The maximum absolute atomic E-state index is 15.0. The van der Waals surface area contributed by atoms with Crippen LogP contribution in [-0.4, -0.2) is 0 Å². The Balaban J connectivity index is 1.59. The summed E-state index contributed by atoms with van der Waals surface area (Å²) in [6.07, 6.45) is 0. The standard InChI is InChI=1S/C38H30ClO3P/c39-43(40,41-37(31-19-7-1-8-20-31,32-21-9-2-10-22-32)33-23-11-3-12-24-33)42-38(34-25-13-4-14-26-34,35-27-15-5-16-28-35)36-29-17-6-18-30-36/h1-30H. The molecular formula is C38H30ClO3P. The van der Waals surface area contributed by atoms with Gasteiger partial charge in [0.25, 0.3) is 0 Å². The normalized spacial score (nSPS) is 12.1. The highest BCUT2D eigenvalue weighted by Gasteiger charge is 2.49. The van der Waals surface area contributed by atoms with E-state index in [2.05, 4.69) is 0 Å². The van der Waals surface area contributed by atoms with Crippen molar-refractivity contribution in [3.8, 4) is 0 Å². The second-order valence-corrected chi connectivity index (χ2v) is 12.6. The van der Waals surface area contributed by atoms with Crippen LogP contribution in [0.5, 0.6) is 0 Å². The first-order chi connectivity index (χ1) is 21.0. The van der Waals surface area contributed by atoms with Crippen molar-refractivity contribution >= 4 is 18.2 Å². The Morgan fingerprint density at radius 1 is 0.349 bits per heavy atom. The molecule has 6 aromatic carbocycles. The summed E-state index contributed by atoms with van der Waals surface area (Å²) in [4.78, 5) is 0. The van der Waals surface area contributed by atoms with E-state index in [-0.39, 0.29) is 0 Å². The maximum atomic E-state index is 15.0. The first-order valence-electron chi connectivity index (χ1n) is 14.1. The van der Waals surface area contributed by atoms with Gasteiger partial charge in [-0.1, -0.05) is 182 Å². The Labute approximate surface area is 257 Å². The molecular weight excluding hydrogens is 571 g/mol. The van der Waals surface area contributed by atoms with E-state index >= 15 is 4.57 Å². The second kappa shape index (κ2) is 12.6. The van der Waals surface area contributed by atoms with Crippen LogP contribution in [0.2, 0.25) is 0 Å². The average molecular weight is 601 g/mol. The van der Waals surface area contributed by atoms with Crippen molar-refractivity contribution in [2.45, 2.75) is 11.2 Å². The molecule has 0 aliphatic rings. The minimum atomic E-state index is -4.46. The highest BCUT2D eigenvalue weighted by Crippen LogP contribution is 2.66. The second-order valence-electron chi connectivity index (χ2n) is 10.2. The van der Waals surface area contributed by atoms with Crippen LogP contribution in [0, 0.1) is 0 Å². The minimum absolute atomic E-state index is 0.765. The van der Waals surface area contributed by atoms with Crippen LogP contribution in [0.15, 0.2) is 182 Å². The molecule has 5 heteroatoms. The van der Waals surface area contributed by atoms with Crippen LogP contribution in [0.4, 0.5) is 0 Å². The Bertz CT molecular complexity index is 1460. The SMILES string of the molecule is O=P(Cl)(OC(c1ccccc1)(c1ccccc1)c1ccccc1)OC(c1ccccc1)(c1ccccc1)c1ccccc1. The quantitative estimate of drug-likeness (QED) is 0.116. The van der Waals surface area contributed by atoms with Gasteiger partial charge in [0.2, 0.25) is 0 Å². The molecule has 43 heavy (non-hydrogen) atoms. The van der Waals surface area contributed by atoms with Crippen LogP contribution in [-0.2, 0) is 24.8 Å². The zero-order valence-corrected chi connectivity index (χ0v) is 25.0. The van der Waals surface area contributed by atoms with Crippen LogP contribution in [0.1, 0.15) is 33.4 Å². The molecule has 0 bridgehead atoms. The summed E-state index contributed by atoms with van der Waals surface area (Å²) in [5.41, 5.74) is 1.89. The average Bonchev–Trinajstić information content (AvgIpc) is 3.08. The summed E-state index contributed by atoms with van der Waals surface area (Å²) in [5.74, 6) is 0. The molecule has 0 aromatic heterocycles. The molecule has 3 nitrogen and oxygen atoms in total. The van der Waals surface area contributed by atoms with Gasteiger partial charge in [-0.05, 0) is 33.4 Å². The molecule has 0 N–H and O–H groups in total. The third kappa shape index (κ3) is 5.73. The summed E-state index contributed by atoms with van der Waals surface area (Å²) in [6.45, 7) is -4.46. The molecule has 0 radical (unpaired) electrons. The Kier molecular flexibility index (Phi) is 8.42. The van der Waals surface area contributed by atoms with Crippen molar-refractivity contribution < 1.29 is 13.6 Å². The number of hydrogen-bond acceptors (Lipinski definition) is 3. The highest BCUT2D eigenvalue weighted by atomic mass is 35.7. The van der Waals surface area contributed by atoms with E-state index in [0.29, 0.717) is 0 Å². The summed E-state index contributed by atoms with van der Waals surface area (Å²) in [6, 6.07) is 58.3. The molecule has 0 saturated carbocycles. The molecule has 0 amide bonds. The smallest absolute Gasteiger partial charge is 0.275 e. The summed E-state index contributed by atoms with van der Waals surface area (Å²) in [5, 5.41) is 0. The highest BCUT2D eigenvalue weighted by molar-refractivity contribution is 7.81. The van der Waals surface area contributed by atoms with Crippen molar-refractivity contribution in [1.82, 2.24) is 0 Å². The lowest BCUT2D eigenvalue weighted by atomic mass is 9.80. The Morgan fingerprint density at radius 2 is 0.512 bits per heavy atom. The third-order valence-electron chi connectivity index (χ3n) is 7.57. The monoisotopic (exact) mass is 600 g/mol. The fourth-order valence-electron chi connectivity index (χ4n) is 5.70.